The molecule has 0 radical (unpaired) electrons. The van der Waals surface area contributed by atoms with Gasteiger partial charge in [-0.2, -0.15) is 0 Å². The fourth-order valence-electron chi connectivity index (χ4n) is 4.53. The van der Waals surface area contributed by atoms with Gasteiger partial charge in [-0.3, -0.25) is 19.3 Å². The molecular weight excluding hydrogens is 468 g/mol. The zero-order chi connectivity index (χ0) is 26.7. The molecule has 0 aliphatic carbocycles. The molecule has 7 nitrogen and oxygen atoms in total. The molecule has 1 saturated heterocycles. The van der Waals surface area contributed by atoms with Gasteiger partial charge in [0.1, 0.15) is 11.5 Å². The van der Waals surface area contributed by atoms with Gasteiger partial charge in [0.15, 0.2) is 0 Å². The first kappa shape index (κ1) is 25.7. The van der Waals surface area contributed by atoms with Crippen molar-refractivity contribution < 1.29 is 24.2 Å². The zero-order valence-corrected chi connectivity index (χ0v) is 21.4. The van der Waals surface area contributed by atoms with E-state index in [9.17, 15) is 19.5 Å². The van der Waals surface area contributed by atoms with E-state index in [4.69, 9.17) is 4.74 Å². The summed E-state index contributed by atoms with van der Waals surface area (Å²) in [4.78, 5) is 39.6. The fraction of sp³-hybridized carbons (Fsp3) is 0.233. The van der Waals surface area contributed by atoms with Crippen molar-refractivity contribution in [2.45, 2.75) is 40.2 Å². The SMILES string of the molecule is CCOc1ccc(/C(O)=C2/C(=O)C(=O)N(c3ccc(NC(C)=O)cc3)C2c2ccc(CC)cc2)cc1C. The average molecular weight is 499 g/mol. The van der Waals surface area contributed by atoms with Gasteiger partial charge in [0.25, 0.3) is 11.7 Å². The molecule has 1 fully saturated rings. The maximum Gasteiger partial charge on any atom is 0.300 e. The Balaban J connectivity index is 1.86. The van der Waals surface area contributed by atoms with Crippen molar-refractivity contribution in [2.24, 2.45) is 0 Å². The predicted octanol–water partition coefficient (Wildman–Crippen LogP) is 5.54. The summed E-state index contributed by atoms with van der Waals surface area (Å²) in [6.07, 6.45) is 0.844. The number of Topliss-reactive ketones (excluding diaryl/α,β-unsaturated/α-hetero) is 1. The molecule has 0 aromatic heterocycles. The number of rotatable bonds is 7. The Labute approximate surface area is 216 Å². The molecule has 7 heteroatoms. The summed E-state index contributed by atoms with van der Waals surface area (Å²) in [7, 11) is 0. The van der Waals surface area contributed by atoms with Gasteiger partial charge in [0.05, 0.1) is 18.2 Å². The van der Waals surface area contributed by atoms with Crippen LogP contribution < -0.4 is 15.0 Å². The highest BCUT2D eigenvalue weighted by Gasteiger charge is 2.47. The van der Waals surface area contributed by atoms with E-state index in [1.165, 1.54) is 11.8 Å². The number of ketones is 1. The van der Waals surface area contributed by atoms with Gasteiger partial charge in [-0.05, 0) is 79.4 Å². The van der Waals surface area contributed by atoms with Gasteiger partial charge in [-0.1, -0.05) is 31.2 Å². The number of nitrogens with zero attached hydrogens (tertiary/aromatic N) is 1. The Kier molecular flexibility index (Phi) is 7.43. The van der Waals surface area contributed by atoms with E-state index in [1.54, 1.807) is 42.5 Å². The predicted molar refractivity (Wildman–Crippen MR) is 144 cm³/mol. The molecule has 3 aromatic rings. The van der Waals surface area contributed by atoms with Crippen LogP contribution in [-0.2, 0) is 20.8 Å². The molecule has 1 aliphatic heterocycles. The second-order valence-electron chi connectivity index (χ2n) is 8.91. The van der Waals surface area contributed by atoms with Gasteiger partial charge in [-0.15, -0.1) is 0 Å². The van der Waals surface area contributed by atoms with E-state index >= 15 is 0 Å². The number of ether oxygens (including phenoxy) is 1. The highest BCUT2D eigenvalue weighted by Crippen LogP contribution is 2.42. The number of anilines is 2. The van der Waals surface area contributed by atoms with Crippen LogP contribution >= 0.6 is 0 Å². The van der Waals surface area contributed by atoms with E-state index in [2.05, 4.69) is 5.32 Å². The molecule has 3 aromatic carbocycles. The van der Waals surface area contributed by atoms with Crippen LogP contribution in [0.2, 0.25) is 0 Å². The number of aryl methyl sites for hydroxylation is 2. The molecule has 1 aliphatic rings. The molecule has 1 atom stereocenters. The summed E-state index contributed by atoms with van der Waals surface area (Å²) < 4.78 is 5.60. The molecule has 0 saturated carbocycles. The van der Waals surface area contributed by atoms with Crippen molar-refractivity contribution in [1.82, 2.24) is 0 Å². The summed E-state index contributed by atoms with van der Waals surface area (Å²) >= 11 is 0. The Hall–Kier alpha value is -4.39. The fourth-order valence-corrected chi connectivity index (χ4v) is 4.53. The highest BCUT2D eigenvalue weighted by molar-refractivity contribution is 6.51. The van der Waals surface area contributed by atoms with Crippen molar-refractivity contribution in [3.8, 4) is 5.75 Å². The Bertz CT molecular complexity index is 1370. The minimum absolute atomic E-state index is 0.0174. The third-order valence-electron chi connectivity index (χ3n) is 6.36. The first-order valence-corrected chi connectivity index (χ1v) is 12.3. The number of hydrogen-bond acceptors (Lipinski definition) is 5. The quantitative estimate of drug-likeness (QED) is 0.253. The number of aliphatic hydroxyl groups is 1. The topological polar surface area (TPSA) is 95.9 Å². The summed E-state index contributed by atoms with van der Waals surface area (Å²) in [5.74, 6) is -1.27. The van der Waals surface area contributed by atoms with Crippen LogP contribution in [0, 0.1) is 6.92 Å². The van der Waals surface area contributed by atoms with E-state index < -0.39 is 17.7 Å². The van der Waals surface area contributed by atoms with Crippen LogP contribution in [-0.4, -0.2) is 29.3 Å². The second kappa shape index (κ2) is 10.7. The molecule has 1 unspecified atom stereocenters. The standard InChI is InChI=1S/C30H30N2O5/c1-5-20-7-9-21(10-8-20)27-26(28(34)22-11-16-25(37-6-2)18(3)17-22)29(35)30(36)32(27)24-14-12-23(13-15-24)31-19(4)33/h7-17,27,34H,5-6H2,1-4H3,(H,31,33)/b28-26-. The third kappa shape index (κ3) is 5.11. The lowest BCUT2D eigenvalue weighted by Crippen LogP contribution is -2.29. The van der Waals surface area contributed by atoms with Crippen molar-refractivity contribution in [1.29, 1.82) is 0 Å². The summed E-state index contributed by atoms with van der Waals surface area (Å²) in [6.45, 7) is 7.71. The lowest BCUT2D eigenvalue weighted by atomic mass is 9.94. The molecule has 37 heavy (non-hydrogen) atoms. The van der Waals surface area contributed by atoms with E-state index in [0.717, 1.165) is 17.5 Å². The van der Waals surface area contributed by atoms with Gasteiger partial charge >= 0.3 is 0 Å². The van der Waals surface area contributed by atoms with Crippen molar-refractivity contribution >= 4 is 34.7 Å². The van der Waals surface area contributed by atoms with Gasteiger partial charge in [0.2, 0.25) is 5.91 Å². The maximum absolute atomic E-state index is 13.4. The maximum atomic E-state index is 13.4. The Morgan fingerprint density at radius 2 is 1.68 bits per heavy atom. The molecular formula is C30H30N2O5. The zero-order valence-electron chi connectivity index (χ0n) is 21.4. The molecule has 0 bridgehead atoms. The van der Waals surface area contributed by atoms with Crippen molar-refractivity contribution in [3.63, 3.8) is 0 Å². The van der Waals surface area contributed by atoms with Crippen LogP contribution in [0.25, 0.3) is 5.76 Å². The van der Waals surface area contributed by atoms with Gasteiger partial charge < -0.3 is 15.2 Å². The number of aliphatic hydroxyl groups excluding tert-OH is 1. The minimum Gasteiger partial charge on any atom is -0.507 e. The third-order valence-corrected chi connectivity index (χ3v) is 6.36. The van der Waals surface area contributed by atoms with Gasteiger partial charge in [0, 0.05) is 23.9 Å². The monoisotopic (exact) mass is 498 g/mol. The number of carbonyl (C=O) groups is 3. The molecule has 0 spiro atoms. The number of amides is 2. The summed E-state index contributed by atoms with van der Waals surface area (Å²) in [5.41, 5.74) is 4.11. The molecule has 4 rings (SSSR count). The Morgan fingerprint density at radius 1 is 1.00 bits per heavy atom. The number of carbonyl (C=O) groups excluding carboxylic acids is 3. The smallest absolute Gasteiger partial charge is 0.300 e. The highest BCUT2D eigenvalue weighted by atomic mass is 16.5. The van der Waals surface area contributed by atoms with Crippen LogP contribution in [0.5, 0.6) is 5.75 Å². The van der Waals surface area contributed by atoms with E-state index in [0.29, 0.717) is 34.9 Å². The van der Waals surface area contributed by atoms with Crippen molar-refractivity contribution in [2.75, 3.05) is 16.8 Å². The molecule has 2 N–H and O–H groups in total. The first-order valence-electron chi connectivity index (χ1n) is 12.3. The number of nitrogens with one attached hydrogen (secondary N) is 1. The van der Waals surface area contributed by atoms with Gasteiger partial charge in [-0.25, -0.2) is 0 Å². The number of benzene rings is 3. The van der Waals surface area contributed by atoms with Crippen LogP contribution in [0.1, 0.15) is 49.1 Å². The molecule has 1 heterocycles. The normalized spacial score (nSPS) is 16.6. The van der Waals surface area contributed by atoms with Crippen LogP contribution in [0.3, 0.4) is 0 Å². The summed E-state index contributed by atoms with van der Waals surface area (Å²) in [5, 5.41) is 14.1. The first-order chi connectivity index (χ1) is 17.7. The van der Waals surface area contributed by atoms with Crippen LogP contribution in [0.4, 0.5) is 11.4 Å². The number of hydrogen-bond donors (Lipinski definition) is 2. The van der Waals surface area contributed by atoms with Crippen molar-refractivity contribution in [3.05, 3.63) is 94.6 Å². The molecule has 190 valence electrons. The minimum atomic E-state index is -0.829. The average Bonchev–Trinajstić information content (AvgIpc) is 3.15. The lowest BCUT2D eigenvalue weighted by Gasteiger charge is -2.26. The van der Waals surface area contributed by atoms with Crippen LogP contribution in [0.15, 0.2) is 72.3 Å². The Morgan fingerprint density at radius 3 is 2.24 bits per heavy atom. The van der Waals surface area contributed by atoms with E-state index in [-0.39, 0.29) is 17.2 Å². The van der Waals surface area contributed by atoms with E-state index in [1.807, 2.05) is 45.0 Å². The molecule has 2 amide bonds. The second-order valence-corrected chi connectivity index (χ2v) is 8.91. The largest absolute Gasteiger partial charge is 0.507 e. The summed E-state index contributed by atoms with van der Waals surface area (Å²) in [6, 6.07) is 18.7. The lowest BCUT2D eigenvalue weighted by molar-refractivity contribution is -0.132.